The van der Waals surface area contributed by atoms with E-state index in [4.69, 9.17) is 11.3 Å². The van der Waals surface area contributed by atoms with Gasteiger partial charge in [0.05, 0.1) is 6.54 Å². The quantitative estimate of drug-likeness (QED) is 0.277. The number of benzene rings is 1. The molecular weight excluding hydrogens is 283 g/mol. The van der Waals surface area contributed by atoms with Crippen LogP contribution in [0, 0.1) is 20.8 Å². The van der Waals surface area contributed by atoms with Gasteiger partial charge in [0.15, 0.2) is 0 Å². The van der Waals surface area contributed by atoms with E-state index in [1.165, 1.54) is 13.8 Å². The van der Waals surface area contributed by atoms with Crippen LogP contribution in [-0.4, -0.2) is 6.98 Å². The molecule has 0 spiro atoms. The van der Waals surface area contributed by atoms with Crippen molar-refractivity contribution >= 4 is 18.1 Å². The Morgan fingerprint density at radius 1 is 1.16 bits per heavy atom. The van der Waals surface area contributed by atoms with Gasteiger partial charge < -0.3 is 18.7 Å². The van der Waals surface area contributed by atoms with E-state index in [1.54, 1.807) is 6.92 Å². The standard InChI is InChI=1S/C10H13BF3N4.K/c1-5-8(4-17-18-16)6(2)10(15)7(3)9(5)11(12,13)14;/h4,15H2,1-3H3;/q-1;+1. The molecule has 2 N–H and O–H groups in total. The van der Waals surface area contributed by atoms with Crippen molar-refractivity contribution < 1.29 is 64.3 Å². The summed E-state index contributed by atoms with van der Waals surface area (Å²) in [7, 11) is 0. The molecule has 0 heterocycles. The Labute approximate surface area is 152 Å². The van der Waals surface area contributed by atoms with Gasteiger partial charge in [-0.15, -0.1) is 5.46 Å². The number of azide groups is 1. The van der Waals surface area contributed by atoms with Gasteiger partial charge in [0, 0.05) is 10.6 Å². The molecule has 0 fully saturated rings. The molecule has 0 saturated carbocycles. The first-order valence-electron chi connectivity index (χ1n) is 5.30. The van der Waals surface area contributed by atoms with Gasteiger partial charge in [0.1, 0.15) is 0 Å². The van der Waals surface area contributed by atoms with Crippen molar-refractivity contribution in [2.24, 2.45) is 5.11 Å². The summed E-state index contributed by atoms with van der Waals surface area (Å²) in [6.07, 6.45) is 0. The number of rotatable bonds is 3. The number of nitrogen functional groups attached to an aromatic ring is 1. The zero-order valence-electron chi connectivity index (χ0n) is 11.3. The molecular formula is C10H13BF3KN4. The topological polar surface area (TPSA) is 74.8 Å². The Kier molecular flexibility index (Phi) is 6.94. The van der Waals surface area contributed by atoms with Crippen LogP contribution in [-0.2, 0) is 6.54 Å². The minimum atomic E-state index is -5.14. The SMILES string of the molecule is Cc1c(N)c(C)c([B-](F)(F)F)c(C)c1CN=[N+]=[N-].[K+]. The van der Waals surface area contributed by atoms with Gasteiger partial charge in [-0.3, -0.25) is 0 Å². The first-order valence-corrected chi connectivity index (χ1v) is 5.30. The molecule has 1 aromatic rings. The second-order valence-electron chi connectivity index (χ2n) is 4.14. The zero-order valence-corrected chi connectivity index (χ0v) is 14.5. The minimum Gasteiger partial charge on any atom is -0.445 e. The molecule has 19 heavy (non-hydrogen) atoms. The Balaban J connectivity index is 0.00000324. The average Bonchev–Trinajstić information content (AvgIpc) is 2.24. The molecule has 0 amide bonds. The molecule has 4 nitrogen and oxygen atoms in total. The van der Waals surface area contributed by atoms with Crippen LogP contribution in [0.25, 0.3) is 10.4 Å². The molecule has 1 rings (SSSR count). The maximum atomic E-state index is 13.0. The second kappa shape index (κ2) is 7.01. The number of hydrogen-bond acceptors (Lipinski definition) is 2. The fourth-order valence-electron chi connectivity index (χ4n) is 2.14. The molecule has 0 radical (unpaired) electrons. The monoisotopic (exact) mass is 296 g/mol. The van der Waals surface area contributed by atoms with Crippen LogP contribution in [0.2, 0.25) is 0 Å². The van der Waals surface area contributed by atoms with E-state index in [2.05, 4.69) is 10.0 Å². The van der Waals surface area contributed by atoms with Crippen LogP contribution >= 0.6 is 0 Å². The third kappa shape index (κ3) is 3.90. The first kappa shape index (κ1) is 18.8. The third-order valence-electron chi connectivity index (χ3n) is 3.14. The first-order chi connectivity index (χ1) is 8.21. The van der Waals surface area contributed by atoms with Crippen LogP contribution in [0.3, 0.4) is 0 Å². The molecule has 0 aliphatic rings. The summed E-state index contributed by atoms with van der Waals surface area (Å²) in [4.78, 5) is 2.57. The summed E-state index contributed by atoms with van der Waals surface area (Å²) >= 11 is 0. The minimum absolute atomic E-state index is 0. The predicted molar refractivity (Wildman–Crippen MR) is 66.6 cm³/mol. The van der Waals surface area contributed by atoms with Crippen molar-refractivity contribution in [2.75, 3.05) is 5.73 Å². The summed E-state index contributed by atoms with van der Waals surface area (Å²) in [5, 5.41) is 3.32. The number of hydrogen-bond donors (Lipinski definition) is 1. The van der Waals surface area contributed by atoms with E-state index < -0.39 is 12.4 Å². The maximum Gasteiger partial charge on any atom is 1.00 e. The predicted octanol–water partition coefficient (Wildman–Crippen LogP) is 0.0628. The number of nitrogens with zero attached hydrogens (tertiary/aromatic N) is 3. The van der Waals surface area contributed by atoms with Gasteiger partial charge in [0.2, 0.25) is 0 Å². The van der Waals surface area contributed by atoms with Crippen molar-refractivity contribution in [1.29, 1.82) is 0 Å². The Hall–Kier alpha value is -0.179. The molecule has 0 aliphatic heterocycles. The fraction of sp³-hybridized carbons (Fsp3) is 0.400. The van der Waals surface area contributed by atoms with Crippen molar-refractivity contribution in [3.8, 4) is 0 Å². The van der Waals surface area contributed by atoms with E-state index in [0.29, 0.717) is 11.1 Å². The van der Waals surface area contributed by atoms with Crippen molar-refractivity contribution in [1.82, 2.24) is 0 Å². The average molecular weight is 296 g/mol. The maximum absolute atomic E-state index is 13.0. The summed E-state index contributed by atoms with van der Waals surface area (Å²) < 4.78 is 39.1. The number of nitrogens with two attached hydrogens (primary N) is 1. The largest absolute Gasteiger partial charge is 1.00 e. The molecule has 0 aromatic heterocycles. The van der Waals surface area contributed by atoms with Crippen LogP contribution in [0.1, 0.15) is 22.3 Å². The normalized spacial score (nSPS) is 10.6. The Bertz CT molecular complexity index is 539. The molecule has 0 unspecified atom stereocenters. The zero-order chi connectivity index (χ0) is 14.1. The summed E-state index contributed by atoms with van der Waals surface area (Å²) in [5.74, 6) is 0. The van der Waals surface area contributed by atoms with Crippen LogP contribution < -0.4 is 62.6 Å². The molecule has 98 valence electrons. The fourth-order valence-corrected chi connectivity index (χ4v) is 2.14. The van der Waals surface area contributed by atoms with Gasteiger partial charge in [-0.05, 0) is 37.4 Å². The van der Waals surface area contributed by atoms with E-state index in [9.17, 15) is 12.9 Å². The van der Waals surface area contributed by atoms with E-state index in [-0.39, 0.29) is 74.7 Å². The molecule has 0 atom stereocenters. The van der Waals surface area contributed by atoms with Gasteiger partial charge in [0.25, 0.3) is 0 Å². The van der Waals surface area contributed by atoms with Crippen LogP contribution in [0.4, 0.5) is 18.6 Å². The third-order valence-corrected chi connectivity index (χ3v) is 3.14. The number of halogens is 3. The molecule has 0 bridgehead atoms. The second-order valence-corrected chi connectivity index (χ2v) is 4.14. The molecule has 0 aliphatic carbocycles. The van der Waals surface area contributed by atoms with Gasteiger partial charge in [-0.2, -0.15) is 0 Å². The van der Waals surface area contributed by atoms with Gasteiger partial charge in [-0.1, -0.05) is 16.2 Å². The van der Waals surface area contributed by atoms with Crippen LogP contribution in [0.5, 0.6) is 0 Å². The summed E-state index contributed by atoms with van der Waals surface area (Å²) in [6, 6.07) is 0. The van der Waals surface area contributed by atoms with Crippen molar-refractivity contribution in [2.45, 2.75) is 27.3 Å². The molecule has 0 saturated heterocycles. The van der Waals surface area contributed by atoms with Gasteiger partial charge >= 0.3 is 58.4 Å². The van der Waals surface area contributed by atoms with Gasteiger partial charge in [-0.25, -0.2) is 0 Å². The Morgan fingerprint density at radius 2 is 1.68 bits per heavy atom. The van der Waals surface area contributed by atoms with E-state index in [0.717, 1.165) is 0 Å². The summed E-state index contributed by atoms with van der Waals surface area (Å²) in [6.45, 7) is -0.900. The summed E-state index contributed by atoms with van der Waals surface area (Å²) in [5.41, 5.74) is 14.4. The van der Waals surface area contributed by atoms with E-state index in [1.807, 2.05) is 0 Å². The van der Waals surface area contributed by atoms with Crippen LogP contribution in [0.15, 0.2) is 5.11 Å². The van der Waals surface area contributed by atoms with Crippen molar-refractivity contribution in [3.05, 3.63) is 32.7 Å². The van der Waals surface area contributed by atoms with E-state index >= 15 is 0 Å². The molecule has 1 aromatic carbocycles. The van der Waals surface area contributed by atoms with Crippen molar-refractivity contribution in [3.63, 3.8) is 0 Å². The molecule has 9 heteroatoms. The number of anilines is 1. The smallest absolute Gasteiger partial charge is 0.445 e. The Morgan fingerprint density at radius 3 is 2.11 bits per heavy atom.